The van der Waals surface area contributed by atoms with Gasteiger partial charge < -0.3 is 4.74 Å². The van der Waals surface area contributed by atoms with E-state index in [4.69, 9.17) is 0 Å². The molecule has 1 aromatic rings. The van der Waals surface area contributed by atoms with Crippen LogP contribution in [0.25, 0.3) is 0 Å². The number of aromatic nitrogens is 3. The molecule has 9 nitrogen and oxygen atoms in total. The summed E-state index contributed by atoms with van der Waals surface area (Å²) in [5.74, 6) is -0.461. The number of H-pyrrole nitrogens is 1. The third-order valence-electron chi connectivity index (χ3n) is 2.97. The van der Waals surface area contributed by atoms with Gasteiger partial charge >= 0.3 is 16.2 Å². The number of carbonyl (C=O) groups is 1. The summed E-state index contributed by atoms with van der Waals surface area (Å²) in [5.41, 5.74) is 0. The van der Waals surface area contributed by atoms with Gasteiger partial charge in [0.2, 0.25) is 5.95 Å². The predicted molar refractivity (Wildman–Crippen MR) is 65.2 cm³/mol. The number of ether oxygens (including phenoxy) is 1. The molecule has 2 N–H and O–H groups in total. The van der Waals surface area contributed by atoms with E-state index in [2.05, 4.69) is 24.6 Å². The summed E-state index contributed by atoms with van der Waals surface area (Å²) in [5, 5.41) is 5.97. The Morgan fingerprint density at radius 2 is 2.21 bits per heavy atom. The highest BCUT2D eigenvalue weighted by Gasteiger charge is 2.31. The van der Waals surface area contributed by atoms with Crippen LogP contribution in [0.4, 0.5) is 5.95 Å². The van der Waals surface area contributed by atoms with Crippen molar-refractivity contribution in [1.82, 2.24) is 19.5 Å². The number of nitrogens with zero attached hydrogens (tertiary/aromatic N) is 3. The summed E-state index contributed by atoms with van der Waals surface area (Å²) in [6, 6.07) is 0. The van der Waals surface area contributed by atoms with E-state index in [-0.39, 0.29) is 30.9 Å². The summed E-state index contributed by atoms with van der Waals surface area (Å²) in [6.07, 6.45) is 2.11. The lowest BCUT2D eigenvalue weighted by Crippen LogP contribution is -2.43. The molecule has 1 aromatic heterocycles. The number of nitrogens with one attached hydrogen (secondary N) is 2. The summed E-state index contributed by atoms with van der Waals surface area (Å²) in [6.45, 7) is 0.534. The van der Waals surface area contributed by atoms with Gasteiger partial charge in [-0.3, -0.25) is 4.79 Å². The smallest absolute Gasteiger partial charge is 0.308 e. The fraction of sp³-hybridized carbons (Fsp3) is 0.667. The van der Waals surface area contributed by atoms with Crippen molar-refractivity contribution in [1.29, 1.82) is 0 Å². The van der Waals surface area contributed by atoms with Gasteiger partial charge in [-0.15, -0.1) is 0 Å². The molecule has 0 aromatic carbocycles. The number of hydrogen-bond donors (Lipinski definition) is 2. The van der Waals surface area contributed by atoms with Crippen molar-refractivity contribution in [2.75, 3.05) is 24.9 Å². The van der Waals surface area contributed by atoms with Crippen LogP contribution < -0.4 is 4.72 Å². The molecular weight excluding hydrogens is 274 g/mol. The zero-order valence-electron chi connectivity index (χ0n) is 10.4. The maximum absolute atomic E-state index is 12.0. The Labute approximate surface area is 110 Å². The van der Waals surface area contributed by atoms with E-state index >= 15 is 0 Å². The first kappa shape index (κ1) is 13.7. The molecule has 1 fully saturated rings. The highest BCUT2D eigenvalue weighted by atomic mass is 32.2. The fourth-order valence-corrected chi connectivity index (χ4v) is 3.10. The Morgan fingerprint density at radius 3 is 2.74 bits per heavy atom. The van der Waals surface area contributed by atoms with Crippen molar-refractivity contribution in [3.63, 3.8) is 0 Å². The molecule has 1 aliphatic heterocycles. The standard InChI is InChI=1S/C9H15N5O4S/c1-18-8(15)7-2-4-14(5-3-7)19(16,17)13-9-10-6-11-12-9/h6-7H,2-5H2,1H3,(H2,10,11,12,13). The fourth-order valence-electron chi connectivity index (χ4n) is 1.94. The number of methoxy groups -OCH3 is 1. The first-order valence-electron chi connectivity index (χ1n) is 5.74. The molecule has 0 spiro atoms. The topological polar surface area (TPSA) is 117 Å². The van der Waals surface area contributed by atoms with Crippen LogP contribution in [0.3, 0.4) is 0 Å². The van der Waals surface area contributed by atoms with E-state index in [0.29, 0.717) is 12.8 Å². The minimum atomic E-state index is -3.66. The normalized spacial score (nSPS) is 18.2. The lowest BCUT2D eigenvalue weighted by atomic mass is 9.99. The molecule has 19 heavy (non-hydrogen) atoms. The number of carbonyl (C=O) groups excluding carboxylic acids is 1. The Kier molecular flexibility index (Phi) is 4.00. The molecule has 2 heterocycles. The molecule has 0 amide bonds. The maximum Gasteiger partial charge on any atom is 0.308 e. The second-order valence-electron chi connectivity index (χ2n) is 4.14. The van der Waals surface area contributed by atoms with Gasteiger partial charge in [0.05, 0.1) is 13.0 Å². The number of rotatable bonds is 4. The van der Waals surface area contributed by atoms with Crippen LogP contribution in [0.15, 0.2) is 6.33 Å². The van der Waals surface area contributed by atoms with Crippen LogP contribution in [0.1, 0.15) is 12.8 Å². The molecule has 0 radical (unpaired) electrons. The van der Waals surface area contributed by atoms with Crippen LogP contribution >= 0.6 is 0 Å². The minimum Gasteiger partial charge on any atom is -0.469 e. The molecule has 0 unspecified atom stereocenters. The quantitative estimate of drug-likeness (QED) is 0.711. The van der Waals surface area contributed by atoms with Crippen molar-refractivity contribution in [2.45, 2.75) is 12.8 Å². The van der Waals surface area contributed by atoms with Gasteiger partial charge in [-0.2, -0.15) is 22.8 Å². The second kappa shape index (κ2) is 5.53. The number of anilines is 1. The molecule has 2 rings (SSSR count). The second-order valence-corrected chi connectivity index (χ2v) is 5.81. The average Bonchev–Trinajstić information content (AvgIpc) is 2.90. The summed E-state index contributed by atoms with van der Waals surface area (Å²) in [4.78, 5) is 15.0. The van der Waals surface area contributed by atoms with Gasteiger partial charge in [-0.05, 0) is 12.8 Å². The van der Waals surface area contributed by atoms with Crippen LogP contribution in [0.5, 0.6) is 0 Å². The highest BCUT2D eigenvalue weighted by molar-refractivity contribution is 7.90. The highest BCUT2D eigenvalue weighted by Crippen LogP contribution is 2.21. The average molecular weight is 289 g/mol. The summed E-state index contributed by atoms with van der Waals surface area (Å²) < 4.78 is 32.2. The zero-order valence-corrected chi connectivity index (χ0v) is 11.2. The lowest BCUT2D eigenvalue weighted by Gasteiger charge is -2.29. The molecule has 106 valence electrons. The molecule has 1 saturated heterocycles. The molecule has 0 bridgehead atoms. The van der Waals surface area contributed by atoms with Gasteiger partial charge in [-0.25, -0.2) is 9.82 Å². The van der Waals surface area contributed by atoms with Crippen molar-refractivity contribution in [3.05, 3.63) is 6.33 Å². The van der Waals surface area contributed by atoms with E-state index in [1.807, 2.05) is 0 Å². The van der Waals surface area contributed by atoms with Crippen molar-refractivity contribution < 1.29 is 17.9 Å². The summed E-state index contributed by atoms with van der Waals surface area (Å²) in [7, 11) is -2.33. The lowest BCUT2D eigenvalue weighted by molar-refractivity contribution is -0.146. The molecule has 1 aliphatic rings. The van der Waals surface area contributed by atoms with Gasteiger partial charge in [0.25, 0.3) is 0 Å². The molecule has 0 atom stereocenters. The maximum atomic E-state index is 12.0. The zero-order chi connectivity index (χ0) is 13.9. The van der Waals surface area contributed by atoms with E-state index in [1.54, 1.807) is 0 Å². The molecule has 0 saturated carbocycles. The predicted octanol–water partition coefficient (Wildman–Crippen LogP) is -0.654. The number of piperidine rings is 1. The Bertz CT molecular complexity index is 521. The number of esters is 1. The van der Waals surface area contributed by atoms with Gasteiger partial charge in [-0.1, -0.05) is 0 Å². The summed E-state index contributed by atoms with van der Waals surface area (Å²) >= 11 is 0. The SMILES string of the molecule is COC(=O)C1CCN(S(=O)(=O)Nc2ncn[nH]2)CC1. The first-order valence-corrected chi connectivity index (χ1v) is 7.18. The van der Waals surface area contributed by atoms with E-state index in [9.17, 15) is 13.2 Å². The van der Waals surface area contributed by atoms with Crippen LogP contribution in [0, 0.1) is 5.92 Å². The number of aromatic amines is 1. The monoisotopic (exact) mass is 289 g/mol. The Hall–Kier alpha value is -1.68. The van der Waals surface area contributed by atoms with Crippen LogP contribution in [0.2, 0.25) is 0 Å². The number of hydrogen-bond acceptors (Lipinski definition) is 6. The largest absolute Gasteiger partial charge is 0.469 e. The van der Waals surface area contributed by atoms with Crippen LogP contribution in [-0.2, 0) is 19.7 Å². The Morgan fingerprint density at radius 1 is 1.53 bits per heavy atom. The third kappa shape index (κ3) is 3.20. The van der Waals surface area contributed by atoms with Gasteiger partial charge in [0.15, 0.2) is 0 Å². The van der Waals surface area contributed by atoms with Crippen molar-refractivity contribution in [2.24, 2.45) is 5.92 Å². The first-order chi connectivity index (χ1) is 9.03. The molecule has 10 heteroatoms. The molecular formula is C9H15N5O4S. The Balaban J connectivity index is 1.95. The van der Waals surface area contributed by atoms with E-state index in [0.717, 1.165) is 0 Å². The van der Waals surface area contributed by atoms with Crippen LogP contribution in [-0.4, -0.2) is 54.1 Å². The third-order valence-corrected chi connectivity index (χ3v) is 4.47. The van der Waals surface area contributed by atoms with Gasteiger partial charge in [0, 0.05) is 13.1 Å². The van der Waals surface area contributed by atoms with E-state index in [1.165, 1.54) is 17.7 Å². The van der Waals surface area contributed by atoms with Gasteiger partial charge in [0.1, 0.15) is 6.33 Å². The molecule has 0 aliphatic carbocycles. The van der Waals surface area contributed by atoms with E-state index < -0.39 is 10.2 Å². The van der Waals surface area contributed by atoms with Crippen molar-refractivity contribution >= 4 is 22.1 Å². The van der Waals surface area contributed by atoms with Crippen molar-refractivity contribution in [3.8, 4) is 0 Å². The minimum absolute atomic E-state index is 0.0649.